The van der Waals surface area contributed by atoms with Crippen LogP contribution in [0.25, 0.3) is 0 Å². The molecular weight excluding hydrogens is 194 g/mol. The second-order valence-electron chi connectivity index (χ2n) is 3.44. The van der Waals surface area contributed by atoms with E-state index in [0.29, 0.717) is 19.9 Å². The monoisotopic (exact) mass is 209 g/mol. The van der Waals surface area contributed by atoms with Gasteiger partial charge in [-0.15, -0.1) is 0 Å². The van der Waals surface area contributed by atoms with Crippen LogP contribution in [-0.4, -0.2) is 25.9 Å². The number of fused-ring (bicyclic) bond motifs is 1. The third kappa shape index (κ3) is 2.31. The molecule has 0 amide bonds. The van der Waals surface area contributed by atoms with Crippen LogP contribution in [0.4, 0.5) is 5.69 Å². The standard InChI is InChI=1S/C10H15N3O2/c11-4-7(12)5-13-8-1-2-9-10(3-8)15-6-14-9/h1-3,7,13H,4-6,11-12H2. The van der Waals surface area contributed by atoms with Crippen molar-refractivity contribution in [2.24, 2.45) is 11.5 Å². The summed E-state index contributed by atoms with van der Waals surface area (Å²) in [6, 6.07) is 5.66. The third-order valence-electron chi connectivity index (χ3n) is 2.24. The Balaban J connectivity index is 1.98. The first-order valence-electron chi connectivity index (χ1n) is 4.89. The molecular formula is C10H15N3O2. The Bertz CT molecular complexity index is 343. The minimum Gasteiger partial charge on any atom is -0.454 e. The van der Waals surface area contributed by atoms with Crippen molar-refractivity contribution >= 4 is 5.69 Å². The summed E-state index contributed by atoms with van der Waals surface area (Å²) in [5.74, 6) is 1.55. The second-order valence-corrected chi connectivity index (χ2v) is 3.44. The molecule has 0 radical (unpaired) electrons. The molecule has 0 saturated heterocycles. The highest BCUT2D eigenvalue weighted by Gasteiger charge is 2.13. The van der Waals surface area contributed by atoms with Gasteiger partial charge in [-0.25, -0.2) is 0 Å². The molecule has 1 unspecified atom stereocenters. The summed E-state index contributed by atoms with van der Waals surface area (Å²) in [5, 5.41) is 3.18. The largest absolute Gasteiger partial charge is 0.454 e. The highest BCUT2D eigenvalue weighted by atomic mass is 16.7. The quantitative estimate of drug-likeness (QED) is 0.655. The van der Waals surface area contributed by atoms with E-state index in [1.54, 1.807) is 0 Å². The SMILES string of the molecule is NCC(N)CNc1ccc2c(c1)OCO2. The van der Waals surface area contributed by atoms with Crippen LogP contribution in [-0.2, 0) is 0 Å². The molecule has 0 saturated carbocycles. The molecule has 5 N–H and O–H groups in total. The number of hydrogen-bond acceptors (Lipinski definition) is 5. The molecule has 0 aromatic heterocycles. The van der Waals surface area contributed by atoms with E-state index in [9.17, 15) is 0 Å². The molecule has 1 heterocycles. The fourth-order valence-electron chi connectivity index (χ4n) is 1.34. The molecule has 0 bridgehead atoms. The minimum absolute atomic E-state index is 0.0320. The first kappa shape index (κ1) is 10.1. The highest BCUT2D eigenvalue weighted by molar-refractivity contribution is 5.55. The van der Waals surface area contributed by atoms with Gasteiger partial charge in [-0.05, 0) is 12.1 Å². The Kier molecular flexibility index (Phi) is 2.94. The second kappa shape index (κ2) is 4.37. The van der Waals surface area contributed by atoms with Gasteiger partial charge in [-0.1, -0.05) is 0 Å². The van der Waals surface area contributed by atoms with E-state index >= 15 is 0 Å². The van der Waals surface area contributed by atoms with Gasteiger partial charge in [0.25, 0.3) is 0 Å². The van der Waals surface area contributed by atoms with Crippen LogP contribution in [0, 0.1) is 0 Å². The molecule has 0 aliphatic carbocycles. The summed E-state index contributed by atoms with van der Waals surface area (Å²) < 4.78 is 10.5. The van der Waals surface area contributed by atoms with Crippen molar-refractivity contribution in [3.05, 3.63) is 18.2 Å². The maximum Gasteiger partial charge on any atom is 0.231 e. The summed E-state index contributed by atoms with van der Waals surface area (Å²) in [7, 11) is 0. The van der Waals surface area contributed by atoms with Gasteiger partial charge in [0, 0.05) is 30.9 Å². The normalized spacial score (nSPS) is 15.1. The first-order chi connectivity index (χ1) is 7.29. The zero-order valence-corrected chi connectivity index (χ0v) is 8.40. The Labute approximate surface area is 88.3 Å². The van der Waals surface area contributed by atoms with Gasteiger partial charge in [-0.3, -0.25) is 0 Å². The van der Waals surface area contributed by atoms with Crippen LogP contribution < -0.4 is 26.3 Å². The number of ether oxygens (including phenoxy) is 2. The lowest BCUT2D eigenvalue weighted by atomic mass is 10.2. The lowest BCUT2D eigenvalue weighted by Crippen LogP contribution is -2.36. The molecule has 1 aliphatic rings. The van der Waals surface area contributed by atoms with Crippen LogP contribution in [0.5, 0.6) is 11.5 Å². The van der Waals surface area contributed by atoms with E-state index in [1.165, 1.54) is 0 Å². The number of rotatable bonds is 4. The Hall–Kier alpha value is -1.46. The zero-order chi connectivity index (χ0) is 10.7. The molecule has 5 nitrogen and oxygen atoms in total. The van der Waals surface area contributed by atoms with E-state index < -0.39 is 0 Å². The van der Waals surface area contributed by atoms with Crippen LogP contribution in [0.1, 0.15) is 0 Å². The van der Waals surface area contributed by atoms with Gasteiger partial charge in [-0.2, -0.15) is 0 Å². The molecule has 0 fully saturated rings. The number of anilines is 1. The average Bonchev–Trinajstić information content (AvgIpc) is 2.72. The van der Waals surface area contributed by atoms with Gasteiger partial charge in [0.1, 0.15) is 0 Å². The summed E-state index contributed by atoms with van der Waals surface area (Å²) in [4.78, 5) is 0. The first-order valence-corrected chi connectivity index (χ1v) is 4.89. The predicted molar refractivity (Wildman–Crippen MR) is 58.1 cm³/mol. The van der Waals surface area contributed by atoms with Crippen molar-refractivity contribution in [2.45, 2.75) is 6.04 Å². The Morgan fingerprint density at radius 2 is 2.13 bits per heavy atom. The van der Waals surface area contributed by atoms with Crippen LogP contribution in [0.15, 0.2) is 18.2 Å². The van der Waals surface area contributed by atoms with Crippen molar-refractivity contribution < 1.29 is 9.47 Å². The molecule has 82 valence electrons. The van der Waals surface area contributed by atoms with Crippen LogP contribution >= 0.6 is 0 Å². The van der Waals surface area contributed by atoms with Crippen molar-refractivity contribution in [1.29, 1.82) is 0 Å². The highest BCUT2D eigenvalue weighted by Crippen LogP contribution is 2.34. The molecule has 15 heavy (non-hydrogen) atoms. The number of nitrogens with two attached hydrogens (primary N) is 2. The van der Waals surface area contributed by atoms with Crippen LogP contribution in [0.3, 0.4) is 0 Å². The minimum atomic E-state index is -0.0320. The lowest BCUT2D eigenvalue weighted by molar-refractivity contribution is 0.174. The molecule has 1 aromatic carbocycles. The summed E-state index contributed by atoms with van der Waals surface area (Å²) >= 11 is 0. The average molecular weight is 209 g/mol. The maximum absolute atomic E-state index is 5.69. The molecule has 1 aromatic rings. The summed E-state index contributed by atoms with van der Waals surface area (Å²) in [5.41, 5.74) is 12.1. The molecule has 1 atom stereocenters. The van der Waals surface area contributed by atoms with Crippen molar-refractivity contribution in [3.8, 4) is 11.5 Å². The van der Waals surface area contributed by atoms with Crippen molar-refractivity contribution in [3.63, 3.8) is 0 Å². The fourth-order valence-corrected chi connectivity index (χ4v) is 1.34. The van der Waals surface area contributed by atoms with Gasteiger partial charge in [0.2, 0.25) is 6.79 Å². The Morgan fingerprint density at radius 3 is 2.93 bits per heavy atom. The molecule has 0 spiro atoms. The van der Waals surface area contributed by atoms with E-state index in [4.69, 9.17) is 20.9 Å². The zero-order valence-electron chi connectivity index (χ0n) is 8.40. The molecule has 5 heteroatoms. The Morgan fingerprint density at radius 1 is 1.33 bits per heavy atom. The maximum atomic E-state index is 5.69. The smallest absolute Gasteiger partial charge is 0.231 e. The van der Waals surface area contributed by atoms with E-state index in [-0.39, 0.29) is 6.04 Å². The number of hydrogen-bond donors (Lipinski definition) is 3. The summed E-state index contributed by atoms with van der Waals surface area (Å²) in [6.07, 6.45) is 0. The molecule has 2 rings (SSSR count). The van der Waals surface area contributed by atoms with Crippen molar-refractivity contribution in [1.82, 2.24) is 0 Å². The van der Waals surface area contributed by atoms with Gasteiger partial charge in [0.05, 0.1) is 0 Å². The summed E-state index contributed by atoms with van der Waals surface area (Å²) in [6.45, 7) is 1.41. The third-order valence-corrected chi connectivity index (χ3v) is 2.24. The topological polar surface area (TPSA) is 82.5 Å². The lowest BCUT2D eigenvalue weighted by Gasteiger charge is -2.11. The van der Waals surface area contributed by atoms with E-state index in [2.05, 4.69) is 5.32 Å². The van der Waals surface area contributed by atoms with E-state index in [1.807, 2.05) is 18.2 Å². The predicted octanol–water partition coefficient (Wildman–Crippen LogP) is 0.113. The van der Waals surface area contributed by atoms with Gasteiger partial charge < -0.3 is 26.3 Å². The van der Waals surface area contributed by atoms with Crippen molar-refractivity contribution in [2.75, 3.05) is 25.2 Å². The van der Waals surface area contributed by atoms with Gasteiger partial charge >= 0.3 is 0 Å². The number of benzene rings is 1. The van der Waals surface area contributed by atoms with Crippen LogP contribution in [0.2, 0.25) is 0 Å². The molecule has 1 aliphatic heterocycles. The van der Waals surface area contributed by atoms with E-state index in [0.717, 1.165) is 17.2 Å². The fraction of sp³-hybridized carbons (Fsp3) is 0.400. The number of nitrogens with one attached hydrogen (secondary N) is 1. The van der Waals surface area contributed by atoms with Gasteiger partial charge in [0.15, 0.2) is 11.5 Å².